The highest BCUT2D eigenvalue weighted by molar-refractivity contribution is 7.92. The number of anilines is 2. The normalized spacial score (nSPS) is 11.1. The van der Waals surface area contributed by atoms with Crippen LogP contribution in [0.3, 0.4) is 0 Å². The number of aromatic amines is 1. The quantitative estimate of drug-likeness (QED) is 0.611. The van der Waals surface area contributed by atoms with Crippen LogP contribution in [0.15, 0.2) is 70.5 Å². The highest BCUT2D eigenvalue weighted by Gasteiger charge is 2.20. The molecule has 0 atom stereocenters. The summed E-state index contributed by atoms with van der Waals surface area (Å²) in [5.41, 5.74) is -0.294. The minimum absolute atomic E-state index is 0.114. The number of pyridine rings is 1. The number of H-pyrrole nitrogens is 1. The van der Waals surface area contributed by atoms with E-state index in [0.29, 0.717) is 5.56 Å². The van der Waals surface area contributed by atoms with E-state index in [1.807, 2.05) is 0 Å². The second kappa shape index (κ2) is 7.65. The molecule has 0 spiro atoms. The second-order valence-electron chi connectivity index (χ2n) is 5.93. The van der Waals surface area contributed by atoms with Gasteiger partial charge in [0.1, 0.15) is 11.4 Å². The van der Waals surface area contributed by atoms with Crippen LogP contribution >= 0.6 is 0 Å². The van der Waals surface area contributed by atoms with Gasteiger partial charge in [0.05, 0.1) is 10.6 Å². The Morgan fingerprint density at radius 1 is 1.07 bits per heavy atom. The Morgan fingerprint density at radius 2 is 1.82 bits per heavy atom. The number of rotatable bonds is 5. The third-order valence-electron chi connectivity index (χ3n) is 3.92. The maximum atomic E-state index is 13.8. The number of sulfonamides is 1. The number of carbonyl (C=O) groups is 1. The zero-order valence-electron chi connectivity index (χ0n) is 14.7. The highest BCUT2D eigenvalue weighted by atomic mass is 32.2. The van der Waals surface area contributed by atoms with E-state index in [9.17, 15) is 22.4 Å². The van der Waals surface area contributed by atoms with Crippen molar-refractivity contribution in [3.8, 4) is 0 Å². The topological polar surface area (TPSA) is 108 Å². The van der Waals surface area contributed by atoms with Gasteiger partial charge in [-0.3, -0.25) is 14.3 Å². The van der Waals surface area contributed by atoms with Gasteiger partial charge in [0.2, 0.25) is 0 Å². The van der Waals surface area contributed by atoms with Crippen molar-refractivity contribution < 1.29 is 17.6 Å². The molecule has 3 N–H and O–H groups in total. The third kappa shape index (κ3) is 4.09. The summed E-state index contributed by atoms with van der Waals surface area (Å²) in [6, 6.07) is 12.5. The molecular weight excluding hydrogens is 385 g/mol. The van der Waals surface area contributed by atoms with Gasteiger partial charge in [-0.15, -0.1) is 0 Å². The average Bonchev–Trinajstić information content (AvgIpc) is 2.65. The minimum Gasteiger partial charge on any atom is -0.328 e. The Kier molecular flexibility index (Phi) is 5.27. The predicted octanol–water partition coefficient (Wildman–Crippen LogP) is 2.88. The van der Waals surface area contributed by atoms with Gasteiger partial charge in [0.15, 0.2) is 0 Å². The molecule has 0 bridgehead atoms. The standard InChI is InChI=1S/C19H16FN3O4S/c1-12-8-9-13(22-19(25)14-5-4-10-21-18(14)24)11-17(12)28(26,27)23-16-7-3-2-6-15(16)20/h2-11,23H,1H3,(H,21,24)(H,22,25). The van der Waals surface area contributed by atoms with Crippen LogP contribution in [-0.2, 0) is 10.0 Å². The van der Waals surface area contributed by atoms with Crippen molar-refractivity contribution in [3.05, 3.63) is 88.1 Å². The third-order valence-corrected chi connectivity index (χ3v) is 5.42. The lowest BCUT2D eigenvalue weighted by Gasteiger charge is -2.13. The number of carbonyl (C=O) groups excluding carboxylic acids is 1. The Labute approximate surface area is 160 Å². The molecule has 9 heteroatoms. The van der Waals surface area contributed by atoms with Crippen molar-refractivity contribution in [1.29, 1.82) is 0 Å². The molecule has 0 fully saturated rings. The van der Waals surface area contributed by atoms with Gasteiger partial charge in [-0.25, -0.2) is 12.8 Å². The number of benzene rings is 2. The lowest BCUT2D eigenvalue weighted by Crippen LogP contribution is -2.22. The maximum Gasteiger partial charge on any atom is 0.262 e. The Balaban J connectivity index is 1.91. The summed E-state index contributed by atoms with van der Waals surface area (Å²) in [6.07, 6.45) is 1.39. The SMILES string of the molecule is Cc1ccc(NC(=O)c2ccc[nH]c2=O)cc1S(=O)(=O)Nc1ccccc1F. The number of para-hydroxylation sites is 1. The molecule has 0 radical (unpaired) electrons. The maximum absolute atomic E-state index is 13.8. The van der Waals surface area contributed by atoms with Gasteiger partial charge in [-0.05, 0) is 48.9 Å². The van der Waals surface area contributed by atoms with E-state index in [-0.39, 0.29) is 21.8 Å². The van der Waals surface area contributed by atoms with Gasteiger partial charge in [-0.2, -0.15) is 0 Å². The monoisotopic (exact) mass is 401 g/mol. The zero-order chi connectivity index (χ0) is 20.3. The first-order valence-corrected chi connectivity index (χ1v) is 9.63. The summed E-state index contributed by atoms with van der Waals surface area (Å²) < 4.78 is 41.4. The first kappa shape index (κ1) is 19.3. The molecule has 2 aromatic carbocycles. The van der Waals surface area contributed by atoms with E-state index >= 15 is 0 Å². The molecule has 0 aliphatic heterocycles. The molecule has 0 saturated carbocycles. The highest BCUT2D eigenvalue weighted by Crippen LogP contribution is 2.24. The van der Waals surface area contributed by atoms with E-state index in [4.69, 9.17) is 0 Å². The van der Waals surface area contributed by atoms with Gasteiger partial charge >= 0.3 is 0 Å². The minimum atomic E-state index is -4.11. The van der Waals surface area contributed by atoms with Crippen LogP contribution in [0.25, 0.3) is 0 Å². The van der Waals surface area contributed by atoms with Crippen molar-refractivity contribution in [2.75, 3.05) is 10.0 Å². The Bertz CT molecular complexity index is 1210. The van der Waals surface area contributed by atoms with E-state index in [1.165, 1.54) is 54.7 Å². The molecule has 1 aromatic heterocycles. The number of amides is 1. The van der Waals surface area contributed by atoms with Crippen molar-refractivity contribution in [2.24, 2.45) is 0 Å². The molecule has 3 aromatic rings. The van der Waals surface area contributed by atoms with Crippen LogP contribution in [0.1, 0.15) is 15.9 Å². The summed E-state index contributed by atoms with van der Waals surface area (Å²) in [7, 11) is -4.11. The fraction of sp³-hybridized carbons (Fsp3) is 0.0526. The summed E-state index contributed by atoms with van der Waals surface area (Å²) >= 11 is 0. The Morgan fingerprint density at radius 3 is 2.54 bits per heavy atom. The number of nitrogens with one attached hydrogen (secondary N) is 3. The largest absolute Gasteiger partial charge is 0.328 e. The number of aromatic nitrogens is 1. The molecular formula is C19H16FN3O4S. The first-order valence-electron chi connectivity index (χ1n) is 8.15. The average molecular weight is 401 g/mol. The molecule has 1 amide bonds. The molecule has 0 aliphatic carbocycles. The van der Waals surface area contributed by atoms with Crippen LogP contribution < -0.4 is 15.6 Å². The first-order chi connectivity index (χ1) is 13.3. The van der Waals surface area contributed by atoms with Gasteiger partial charge < -0.3 is 10.3 Å². The van der Waals surface area contributed by atoms with E-state index in [2.05, 4.69) is 15.0 Å². The number of aryl methyl sites for hydroxylation is 1. The fourth-order valence-corrected chi connectivity index (χ4v) is 3.85. The number of hydrogen-bond donors (Lipinski definition) is 3. The van der Waals surface area contributed by atoms with Crippen molar-refractivity contribution in [1.82, 2.24) is 4.98 Å². The van der Waals surface area contributed by atoms with E-state index < -0.39 is 27.3 Å². The lowest BCUT2D eigenvalue weighted by molar-refractivity contribution is 0.102. The molecule has 3 rings (SSSR count). The van der Waals surface area contributed by atoms with Crippen LogP contribution in [0, 0.1) is 12.7 Å². The number of hydrogen-bond acceptors (Lipinski definition) is 4. The van der Waals surface area contributed by atoms with Crippen LogP contribution in [0.5, 0.6) is 0 Å². The summed E-state index contributed by atoms with van der Waals surface area (Å²) in [5.74, 6) is -1.40. The fourth-order valence-electron chi connectivity index (χ4n) is 2.51. The lowest BCUT2D eigenvalue weighted by atomic mass is 10.2. The molecule has 28 heavy (non-hydrogen) atoms. The molecule has 7 nitrogen and oxygen atoms in total. The molecule has 1 heterocycles. The molecule has 0 unspecified atom stereocenters. The van der Waals surface area contributed by atoms with Crippen molar-refractivity contribution in [3.63, 3.8) is 0 Å². The molecule has 0 aliphatic rings. The molecule has 144 valence electrons. The molecule has 0 saturated heterocycles. The summed E-state index contributed by atoms with van der Waals surface area (Å²) in [4.78, 5) is 26.2. The van der Waals surface area contributed by atoms with Crippen molar-refractivity contribution in [2.45, 2.75) is 11.8 Å². The van der Waals surface area contributed by atoms with E-state index in [1.54, 1.807) is 6.92 Å². The summed E-state index contributed by atoms with van der Waals surface area (Å²) in [6.45, 7) is 1.57. The van der Waals surface area contributed by atoms with Gasteiger partial charge in [0.25, 0.3) is 21.5 Å². The predicted molar refractivity (Wildman–Crippen MR) is 103 cm³/mol. The van der Waals surface area contributed by atoms with Gasteiger partial charge in [0, 0.05) is 11.9 Å². The van der Waals surface area contributed by atoms with Gasteiger partial charge in [-0.1, -0.05) is 18.2 Å². The van der Waals surface area contributed by atoms with E-state index in [0.717, 1.165) is 6.07 Å². The summed E-state index contributed by atoms with van der Waals surface area (Å²) in [5, 5.41) is 2.49. The van der Waals surface area contributed by atoms with Crippen LogP contribution in [0.4, 0.5) is 15.8 Å². The zero-order valence-corrected chi connectivity index (χ0v) is 15.5. The van der Waals surface area contributed by atoms with Crippen LogP contribution in [0.2, 0.25) is 0 Å². The number of halogens is 1. The smallest absolute Gasteiger partial charge is 0.262 e. The van der Waals surface area contributed by atoms with Crippen molar-refractivity contribution >= 4 is 27.3 Å². The second-order valence-corrected chi connectivity index (χ2v) is 7.58. The van der Waals surface area contributed by atoms with Crippen LogP contribution in [-0.4, -0.2) is 19.3 Å². The Hall–Kier alpha value is -3.46.